The van der Waals surface area contributed by atoms with E-state index in [2.05, 4.69) is 20.8 Å². The van der Waals surface area contributed by atoms with E-state index in [9.17, 15) is 0 Å². The number of unbranched alkanes of at least 4 members (excludes halogenated alkanes) is 9. The van der Waals surface area contributed by atoms with E-state index in [-0.39, 0.29) is 0 Å². The molecule has 0 saturated carbocycles. The van der Waals surface area contributed by atoms with Gasteiger partial charge < -0.3 is 13.6 Å². The molecule has 0 spiro atoms. The third-order valence-electron chi connectivity index (χ3n) is 3.58. The van der Waals surface area contributed by atoms with Crippen molar-refractivity contribution in [1.29, 1.82) is 0 Å². The van der Waals surface area contributed by atoms with E-state index in [1.165, 1.54) is 57.8 Å². The van der Waals surface area contributed by atoms with Gasteiger partial charge in [-0.3, -0.25) is 0 Å². The van der Waals surface area contributed by atoms with Crippen molar-refractivity contribution >= 4 is 8.60 Å². The van der Waals surface area contributed by atoms with E-state index >= 15 is 0 Å². The molecule has 0 bridgehead atoms. The Balaban J connectivity index is 3.72. The first-order valence-corrected chi connectivity index (χ1v) is 10.6. The minimum Gasteiger partial charge on any atom is -0.312 e. The van der Waals surface area contributed by atoms with Gasteiger partial charge in [-0.1, -0.05) is 78.6 Å². The third-order valence-corrected chi connectivity index (χ3v) is 4.76. The van der Waals surface area contributed by atoms with Crippen LogP contribution in [0.15, 0.2) is 0 Å². The molecule has 0 aliphatic carbocycles. The summed E-state index contributed by atoms with van der Waals surface area (Å²) in [5.41, 5.74) is 0. The van der Waals surface area contributed by atoms with Crippen molar-refractivity contribution in [3.63, 3.8) is 0 Å². The van der Waals surface area contributed by atoms with Gasteiger partial charge in [0.15, 0.2) is 0 Å². The summed E-state index contributed by atoms with van der Waals surface area (Å²) in [5.74, 6) is 0. The van der Waals surface area contributed by atoms with Crippen molar-refractivity contribution in [3.8, 4) is 0 Å². The van der Waals surface area contributed by atoms with Gasteiger partial charge in [-0.05, 0) is 19.3 Å². The zero-order chi connectivity index (χ0) is 16.3. The highest BCUT2D eigenvalue weighted by atomic mass is 31.2. The molecule has 0 atom stereocenters. The molecular weight excluding hydrogens is 295 g/mol. The molecule has 0 unspecified atom stereocenters. The molecule has 0 saturated heterocycles. The van der Waals surface area contributed by atoms with Crippen LogP contribution in [0.4, 0.5) is 0 Å². The molecule has 0 N–H and O–H groups in total. The van der Waals surface area contributed by atoms with Gasteiger partial charge in [-0.15, -0.1) is 0 Å². The molecule has 0 amide bonds. The Morgan fingerprint density at radius 3 is 1.05 bits per heavy atom. The maximum absolute atomic E-state index is 5.82. The second-order valence-electron chi connectivity index (χ2n) is 5.91. The van der Waals surface area contributed by atoms with Crippen molar-refractivity contribution in [1.82, 2.24) is 0 Å². The summed E-state index contributed by atoms with van der Waals surface area (Å²) in [5, 5.41) is 0. The smallest absolute Gasteiger partial charge is 0.312 e. The third kappa shape index (κ3) is 16.7. The highest BCUT2D eigenvalue weighted by molar-refractivity contribution is 7.41. The molecule has 0 aliphatic heterocycles. The van der Waals surface area contributed by atoms with Gasteiger partial charge in [0.1, 0.15) is 0 Å². The van der Waals surface area contributed by atoms with Crippen LogP contribution in [0.25, 0.3) is 0 Å². The van der Waals surface area contributed by atoms with Crippen molar-refractivity contribution in [2.75, 3.05) is 19.8 Å². The molecule has 0 rings (SSSR count). The number of hydrogen-bond donors (Lipinski definition) is 0. The second kappa shape index (κ2) is 19.4. The lowest BCUT2D eigenvalue weighted by Gasteiger charge is -2.17. The van der Waals surface area contributed by atoms with E-state index in [1.807, 2.05) is 0 Å². The van der Waals surface area contributed by atoms with Gasteiger partial charge in [0.05, 0.1) is 19.8 Å². The fourth-order valence-electron chi connectivity index (χ4n) is 2.12. The molecule has 4 heteroatoms. The maximum Gasteiger partial charge on any atom is 0.332 e. The fraction of sp³-hybridized carbons (Fsp3) is 1.00. The number of rotatable bonds is 18. The number of hydrogen-bond acceptors (Lipinski definition) is 3. The highest BCUT2D eigenvalue weighted by Crippen LogP contribution is 2.40. The van der Waals surface area contributed by atoms with Crippen molar-refractivity contribution in [2.45, 2.75) is 97.8 Å². The van der Waals surface area contributed by atoms with Crippen LogP contribution in [0.1, 0.15) is 97.8 Å². The van der Waals surface area contributed by atoms with Crippen LogP contribution in [-0.4, -0.2) is 19.8 Å². The second-order valence-corrected chi connectivity index (χ2v) is 7.13. The Morgan fingerprint density at radius 1 is 0.455 bits per heavy atom. The lowest BCUT2D eigenvalue weighted by molar-refractivity contribution is 0.154. The van der Waals surface area contributed by atoms with Gasteiger partial charge in [0.2, 0.25) is 0 Å². The summed E-state index contributed by atoms with van der Waals surface area (Å²) in [6, 6.07) is 0. The molecule has 0 fully saturated rings. The Kier molecular flexibility index (Phi) is 19.6. The van der Waals surface area contributed by atoms with E-state index in [0.717, 1.165) is 39.1 Å². The monoisotopic (exact) mass is 334 g/mol. The zero-order valence-corrected chi connectivity index (χ0v) is 16.2. The first kappa shape index (κ1) is 22.3. The summed E-state index contributed by atoms with van der Waals surface area (Å²) in [6.07, 6.45) is 14.7. The minimum atomic E-state index is -1.12. The molecular formula is C18H39O3P. The van der Waals surface area contributed by atoms with E-state index in [4.69, 9.17) is 13.6 Å². The summed E-state index contributed by atoms with van der Waals surface area (Å²) < 4.78 is 17.5. The van der Waals surface area contributed by atoms with Gasteiger partial charge in [-0.2, -0.15) is 0 Å². The Morgan fingerprint density at radius 2 is 0.773 bits per heavy atom. The van der Waals surface area contributed by atoms with Gasteiger partial charge in [0.25, 0.3) is 0 Å². The molecule has 0 heterocycles. The zero-order valence-electron chi connectivity index (χ0n) is 15.3. The summed E-state index contributed by atoms with van der Waals surface area (Å²) in [6.45, 7) is 9.01. The molecule has 0 aromatic rings. The lowest BCUT2D eigenvalue weighted by Crippen LogP contribution is -2.00. The van der Waals surface area contributed by atoms with Crippen LogP contribution in [0.2, 0.25) is 0 Å². The van der Waals surface area contributed by atoms with Gasteiger partial charge in [-0.25, -0.2) is 0 Å². The normalized spacial score (nSPS) is 11.5. The van der Waals surface area contributed by atoms with Gasteiger partial charge >= 0.3 is 8.60 Å². The molecule has 0 radical (unpaired) electrons. The molecule has 0 aliphatic rings. The molecule has 22 heavy (non-hydrogen) atoms. The highest BCUT2D eigenvalue weighted by Gasteiger charge is 2.12. The van der Waals surface area contributed by atoms with Crippen molar-refractivity contribution in [3.05, 3.63) is 0 Å². The quantitative estimate of drug-likeness (QED) is 0.199. The van der Waals surface area contributed by atoms with Crippen LogP contribution in [0, 0.1) is 0 Å². The predicted octanol–water partition coefficient (Wildman–Crippen LogP) is 7.00. The largest absolute Gasteiger partial charge is 0.332 e. The average molecular weight is 334 g/mol. The fourth-order valence-corrected chi connectivity index (χ4v) is 3.17. The SMILES string of the molecule is CCCCCCOP(OCCCCCC)OCCCCCC. The van der Waals surface area contributed by atoms with E-state index in [1.54, 1.807) is 0 Å². The van der Waals surface area contributed by atoms with Crippen molar-refractivity contribution in [2.24, 2.45) is 0 Å². The average Bonchev–Trinajstić information content (AvgIpc) is 2.53. The maximum atomic E-state index is 5.82. The van der Waals surface area contributed by atoms with Crippen LogP contribution in [0.5, 0.6) is 0 Å². The molecule has 0 aromatic heterocycles. The standard InChI is InChI=1S/C18H39O3P/c1-4-7-10-13-16-19-22(20-17-14-11-8-5-2)21-18-15-12-9-6-3/h4-18H2,1-3H3. The summed E-state index contributed by atoms with van der Waals surface area (Å²) in [4.78, 5) is 0. The Bertz CT molecular complexity index is 169. The Labute approximate surface area is 140 Å². The first-order chi connectivity index (χ1) is 10.8. The molecule has 0 aromatic carbocycles. The summed E-state index contributed by atoms with van der Waals surface area (Å²) in [7, 11) is -1.12. The lowest BCUT2D eigenvalue weighted by atomic mass is 10.2. The van der Waals surface area contributed by atoms with Crippen LogP contribution in [0.3, 0.4) is 0 Å². The predicted molar refractivity (Wildman–Crippen MR) is 97.2 cm³/mol. The summed E-state index contributed by atoms with van der Waals surface area (Å²) >= 11 is 0. The minimum absolute atomic E-state index is 0.773. The topological polar surface area (TPSA) is 27.7 Å². The molecule has 134 valence electrons. The van der Waals surface area contributed by atoms with Crippen LogP contribution in [-0.2, 0) is 13.6 Å². The van der Waals surface area contributed by atoms with Gasteiger partial charge in [0, 0.05) is 0 Å². The van der Waals surface area contributed by atoms with Crippen LogP contribution >= 0.6 is 8.60 Å². The van der Waals surface area contributed by atoms with E-state index < -0.39 is 8.60 Å². The molecule has 3 nitrogen and oxygen atoms in total. The van der Waals surface area contributed by atoms with Crippen molar-refractivity contribution < 1.29 is 13.6 Å². The van der Waals surface area contributed by atoms with E-state index in [0.29, 0.717) is 0 Å². The first-order valence-electron chi connectivity index (χ1n) is 9.54. The Hall–Kier alpha value is 0.310. The van der Waals surface area contributed by atoms with Crippen LogP contribution < -0.4 is 0 Å².